The highest BCUT2D eigenvalue weighted by Gasteiger charge is 2.43. The second-order valence-electron chi connectivity index (χ2n) is 11.0. The van der Waals surface area contributed by atoms with Crippen molar-refractivity contribution in [3.63, 3.8) is 0 Å². The molecule has 1 aromatic rings. The number of nitrogens with zero attached hydrogens (tertiary/aromatic N) is 1. The van der Waals surface area contributed by atoms with Crippen LogP contribution in [-0.4, -0.2) is 50.8 Å². The molecule has 0 spiro atoms. The number of nitrogens with one attached hydrogen (secondary N) is 1. The smallest absolute Gasteiger partial charge is 0.315 e. The van der Waals surface area contributed by atoms with E-state index in [0.717, 1.165) is 56.2 Å². The summed E-state index contributed by atoms with van der Waals surface area (Å²) in [7, 11) is 3.73. The average Bonchev–Trinajstić information content (AvgIpc) is 2.86. The Kier molecular flexibility index (Phi) is 11.3. The maximum absolute atomic E-state index is 15.3. The van der Waals surface area contributed by atoms with Crippen LogP contribution < -0.4 is 11.1 Å². The van der Waals surface area contributed by atoms with Gasteiger partial charge in [-0.15, -0.1) is 0 Å². The van der Waals surface area contributed by atoms with Gasteiger partial charge in [0.05, 0.1) is 0 Å². The number of unbranched alkanes of at least 4 members (excludes halogenated alkanes) is 1. The summed E-state index contributed by atoms with van der Waals surface area (Å²) in [5.74, 6) is 1.15. The standard InChI is InChI=1S/C29H48FN3O2/c1-21-14-15-27(30)26(18-21)24(12-7-8-17-35-3)25-13-9-16-33(29(31)34)28(25)23(20-32-2)19-22-10-5-4-6-11-22/h14-15,18,22-25,28,32H,4-13,16-17,19-20H2,1-3H3,(H2,31,34)/t23-,24+,25?,28?/m0/s1. The number of carbonyl (C=O) groups is 1. The summed E-state index contributed by atoms with van der Waals surface area (Å²) in [4.78, 5) is 14.7. The zero-order valence-corrected chi connectivity index (χ0v) is 22.2. The van der Waals surface area contributed by atoms with Crippen molar-refractivity contribution in [1.82, 2.24) is 10.2 Å². The number of hydrogen-bond donors (Lipinski definition) is 2. The van der Waals surface area contributed by atoms with Crippen molar-refractivity contribution in [2.24, 2.45) is 23.5 Å². The molecule has 2 amide bonds. The summed E-state index contributed by atoms with van der Waals surface area (Å²) in [6.45, 7) is 4.31. The predicted octanol–water partition coefficient (Wildman–Crippen LogP) is 6.00. The zero-order valence-electron chi connectivity index (χ0n) is 22.2. The number of piperidine rings is 1. The number of nitrogens with two attached hydrogens (primary N) is 1. The van der Waals surface area contributed by atoms with Crippen molar-refractivity contribution in [1.29, 1.82) is 0 Å². The van der Waals surface area contributed by atoms with Gasteiger partial charge in [0.15, 0.2) is 0 Å². The molecule has 1 aliphatic carbocycles. The van der Waals surface area contributed by atoms with Crippen LogP contribution >= 0.6 is 0 Å². The number of hydrogen-bond acceptors (Lipinski definition) is 3. The van der Waals surface area contributed by atoms with E-state index in [1.807, 2.05) is 31.0 Å². The van der Waals surface area contributed by atoms with Crippen LogP contribution in [0.25, 0.3) is 0 Å². The summed E-state index contributed by atoms with van der Waals surface area (Å²) in [6, 6.07) is 5.20. The molecule has 2 unspecified atom stereocenters. The molecule has 1 aromatic carbocycles. The average molecular weight is 490 g/mol. The first kappa shape index (κ1) is 27.9. The lowest BCUT2D eigenvalue weighted by Crippen LogP contribution is -2.57. The van der Waals surface area contributed by atoms with Crippen LogP contribution in [0, 0.1) is 30.5 Å². The molecule has 2 fully saturated rings. The van der Waals surface area contributed by atoms with E-state index < -0.39 is 0 Å². The number of urea groups is 1. The van der Waals surface area contributed by atoms with Crippen molar-refractivity contribution in [2.75, 3.05) is 33.9 Å². The normalized spacial score (nSPS) is 23.3. The van der Waals surface area contributed by atoms with Crippen LogP contribution in [0.15, 0.2) is 18.2 Å². The Labute approximate surface area is 212 Å². The van der Waals surface area contributed by atoms with Gasteiger partial charge in [-0.2, -0.15) is 0 Å². The number of aryl methyl sites for hydroxylation is 1. The lowest BCUT2D eigenvalue weighted by atomic mass is 9.68. The maximum atomic E-state index is 15.3. The first-order valence-corrected chi connectivity index (χ1v) is 13.9. The number of benzene rings is 1. The molecule has 1 aliphatic heterocycles. The summed E-state index contributed by atoms with van der Waals surface area (Å²) >= 11 is 0. The second-order valence-corrected chi connectivity index (χ2v) is 11.0. The highest BCUT2D eigenvalue weighted by Crippen LogP contribution is 2.44. The fourth-order valence-corrected chi connectivity index (χ4v) is 6.96. The number of amides is 2. The largest absolute Gasteiger partial charge is 0.385 e. The highest BCUT2D eigenvalue weighted by molar-refractivity contribution is 5.72. The van der Waals surface area contributed by atoms with Gasteiger partial charge in [0, 0.05) is 26.3 Å². The Bertz CT molecular complexity index is 783. The van der Waals surface area contributed by atoms with E-state index in [2.05, 4.69) is 5.32 Å². The highest BCUT2D eigenvalue weighted by atomic mass is 19.1. The monoisotopic (exact) mass is 489 g/mol. The van der Waals surface area contributed by atoms with E-state index >= 15 is 4.39 Å². The second kappa shape index (κ2) is 14.2. The number of rotatable bonds is 12. The third-order valence-electron chi connectivity index (χ3n) is 8.51. The topological polar surface area (TPSA) is 67.6 Å². The van der Waals surface area contributed by atoms with Crippen LogP contribution in [0.4, 0.5) is 9.18 Å². The molecule has 1 saturated heterocycles. The van der Waals surface area contributed by atoms with Gasteiger partial charge in [-0.1, -0.05) is 56.2 Å². The predicted molar refractivity (Wildman–Crippen MR) is 141 cm³/mol. The van der Waals surface area contributed by atoms with E-state index in [9.17, 15) is 4.79 Å². The molecule has 4 atom stereocenters. The van der Waals surface area contributed by atoms with Gasteiger partial charge >= 0.3 is 6.03 Å². The van der Waals surface area contributed by atoms with Crippen LogP contribution in [0.2, 0.25) is 0 Å². The molecule has 3 N–H and O–H groups in total. The number of likely N-dealkylation sites (tertiary alicyclic amines) is 1. The van der Waals surface area contributed by atoms with E-state index in [1.165, 1.54) is 32.1 Å². The molecular formula is C29H48FN3O2. The Morgan fingerprint density at radius 2 is 1.97 bits per heavy atom. The molecule has 6 heteroatoms. The van der Waals surface area contributed by atoms with E-state index in [-0.39, 0.29) is 29.7 Å². The van der Waals surface area contributed by atoms with Crippen LogP contribution in [0.1, 0.15) is 87.7 Å². The van der Waals surface area contributed by atoms with Crippen molar-refractivity contribution < 1.29 is 13.9 Å². The third kappa shape index (κ3) is 7.66. The Morgan fingerprint density at radius 3 is 2.66 bits per heavy atom. The minimum atomic E-state index is -0.327. The van der Waals surface area contributed by atoms with Crippen molar-refractivity contribution in [2.45, 2.75) is 89.5 Å². The lowest BCUT2D eigenvalue weighted by molar-refractivity contribution is 0.0504. The molecular weight excluding hydrogens is 441 g/mol. The van der Waals surface area contributed by atoms with Gasteiger partial charge in [-0.3, -0.25) is 0 Å². The van der Waals surface area contributed by atoms with Gasteiger partial charge in [-0.25, -0.2) is 9.18 Å². The molecule has 5 nitrogen and oxygen atoms in total. The molecule has 198 valence electrons. The van der Waals surface area contributed by atoms with Gasteiger partial charge < -0.3 is 20.7 Å². The van der Waals surface area contributed by atoms with Gasteiger partial charge in [-0.05, 0) is 87.9 Å². The van der Waals surface area contributed by atoms with E-state index in [0.29, 0.717) is 25.0 Å². The zero-order chi connectivity index (χ0) is 25.2. The van der Waals surface area contributed by atoms with Gasteiger partial charge in [0.2, 0.25) is 0 Å². The molecule has 35 heavy (non-hydrogen) atoms. The third-order valence-corrected chi connectivity index (χ3v) is 8.51. The van der Waals surface area contributed by atoms with Crippen LogP contribution in [-0.2, 0) is 4.74 Å². The summed E-state index contributed by atoms with van der Waals surface area (Å²) in [5.41, 5.74) is 7.89. The molecule has 1 heterocycles. The molecule has 3 rings (SSSR count). The maximum Gasteiger partial charge on any atom is 0.315 e. The SMILES string of the molecule is CNC[C@H](CC1CCCCC1)C1C([C@@H](CCCCOC)c2cc(C)ccc2F)CCCN1C(N)=O. The Morgan fingerprint density at radius 1 is 1.20 bits per heavy atom. The fraction of sp³-hybridized carbons (Fsp3) is 0.759. The summed E-state index contributed by atoms with van der Waals surface area (Å²) in [5, 5.41) is 3.42. The number of primary amides is 1. The first-order chi connectivity index (χ1) is 17.0. The summed E-state index contributed by atoms with van der Waals surface area (Å²) < 4.78 is 20.6. The van der Waals surface area contributed by atoms with Crippen molar-refractivity contribution in [3.05, 3.63) is 35.1 Å². The van der Waals surface area contributed by atoms with Crippen LogP contribution in [0.5, 0.6) is 0 Å². The van der Waals surface area contributed by atoms with E-state index in [1.54, 1.807) is 13.2 Å². The lowest BCUT2D eigenvalue weighted by Gasteiger charge is -2.48. The van der Waals surface area contributed by atoms with Crippen molar-refractivity contribution in [3.8, 4) is 0 Å². The van der Waals surface area contributed by atoms with E-state index in [4.69, 9.17) is 10.5 Å². The molecule has 0 aromatic heterocycles. The molecule has 1 saturated carbocycles. The fourth-order valence-electron chi connectivity index (χ4n) is 6.96. The van der Waals surface area contributed by atoms with Gasteiger partial charge in [0.1, 0.15) is 5.82 Å². The minimum Gasteiger partial charge on any atom is -0.385 e. The number of methoxy groups -OCH3 is 1. The Hall–Kier alpha value is -1.66. The Balaban J connectivity index is 1.97. The first-order valence-electron chi connectivity index (χ1n) is 13.9. The van der Waals surface area contributed by atoms with Gasteiger partial charge in [0.25, 0.3) is 0 Å². The van der Waals surface area contributed by atoms with Crippen LogP contribution in [0.3, 0.4) is 0 Å². The number of halogens is 1. The summed E-state index contributed by atoms with van der Waals surface area (Å²) in [6.07, 6.45) is 12.4. The number of ether oxygens (including phenoxy) is 1. The quantitative estimate of drug-likeness (QED) is 0.354. The number of carbonyl (C=O) groups excluding carboxylic acids is 1. The molecule has 0 bridgehead atoms. The van der Waals surface area contributed by atoms with Crippen molar-refractivity contribution >= 4 is 6.03 Å². The minimum absolute atomic E-state index is 0.0305. The molecule has 0 radical (unpaired) electrons. The molecule has 2 aliphatic rings.